The zero-order chi connectivity index (χ0) is 10.4. The third-order valence-corrected chi connectivity index (χ3v) is 1.98. The molecular weight excluding hydrogens is 186 g/mol. The number of aryl methyl sites for hydroxylation is 3. The van der Waals surface area contributed by atoms with Gasteiger partial charge in [0.25, 0.3) is 0 Å². The van der Waals surface area contributed by atoms with Crippen LogP contribution in [-0.4, -0.2) is 0 Å². The van der Waals surface area contributed by atoms with Gasteiger partial charge in [0.2, 0.25) is 0 Å². The summed E-state index contributed by atoms with van der Waals surface area (Å²) in [5.74, 6) is 0.968. The minimum atomic E-state index is 0. The van der Waals surface area contributed by atoms with Crippen molar-refractivity contribution in [3.63, 3.8) is 0 Å². The van der Waals surface area contributed by atoms with E-state index in [1.807, 2.05) is 44.4 Å². The molecule has 0 unspecified atom stereocenters. The third-order valence-electron chi connectivity index (χ3n) is 1.98. The first-order chi connectivity index (χ1) is 6.70. The predicted molar refractivity (Wildman–Crippen MR) is 62.5 cm³/mol. The van der Waals surface area contributed by atoms with E-state index in [4.69, 9.17) is 4.42 Å². The summed E-state index contributed by atoms with van der Waals surface area (Å²) in [6, 6.07) is 9.93. The number of nitrogens with zero attached hydrogens (tertiary/aromatic N) is 1. The van der Waals surface area contributed by atoms with Crippen molar-refractivity contribution in [1.82, 2.24) is 0 Å². The van der Waals surface area contributed by atoms with Crippen molar-refractivity contribution in [2.45, 2.75) is 21.3 Å². The maximum Gasteiger partial charge on any atom is 0.177 e. The van der Waals surface area contributed by atoms with E-state index in [1.165, 1.54) is 5.69 Å². The van der Waals surface area contributed by atoms with Gasteiger partial charge in [-0.25, -0.2) is 4.57 Å². The van der Waals surface area contributed by atoms with Crippen LogP contribution in [0.5, 0.6) is 0 Å². The Morgan fingerprint density at radius 2 is 1.80 bits per heavy atom. The standard InChI is InChI=1S/C7H10N.C5H6O.CH4/c1-7-5-3-4-6-8(7)2;1-5-3-2-4-6-5;/h3-6H,1-2H3;2-4H,1H3;1H4/q+1;;. The van der Waals surface area contributed by atoms with Crippen molar-refractivity contribution in [3.8, 4) is 0 Å². The maximum absolute atomic E-state index is 4.83. The predicted octanol–water partition coefficient (Wildman–Crippen LogP) is 3.04. The van der Waals surface area contributed by atoms with Crippen LogP contribution >= 0.6 is 0 Å². The monoisotopic (exact) mass is 206 g/mol. The lowest BCUT2D eigenvalue weighted by atomic mass is 10.4. The SMILES string of the molecule is C.Cc1cccc[n+]1C.Cc1ccco1. The molecule has 0 aliphatic rings. The van der Waals surface area contributed by atoms with Gasteiger partial charge < -0.3 is 4.42 Å². The van der Waals surface area contributed by atoms with E-state index < -0.39 is 0 Å². The molecule has 2 aromatic heterocycles. The van der Waals surface area contributed by atoms with Crippen LogP contribution in [0.3, 0.4) is 0 Å². The topological polar surface area (TPSA) is 17.0 Å². The second-order valence-corrected chi connectivity index (χ2v) is 3.18. The van der Waals surface area contributed by atoms with Gasteiger partial charge in [-0.05, 0) is 19.1 Å². The third kappa shape index (κ3) is 5.01. The smallest absolute Gasteiger partial charge is 0.177 e. The summed E-state index contributed by atoms with van der Waals surface area (Å²) < 4.78 is 6.92. The van der Waals surface area contributed by atoms with Crippen molar-refractivity contribution < 1.29 is 8.98 Å². The van der Waals surface area contributed by atoms with Crippen LogP contribution in [0.15, 0.2) is 47.2 Å². The first-order valence-corrected chi connectivity index (χ1v) is 4.61. The van der Waals surface area contributed by atoms with E-state index in [1.54, 1.807) is 6.26 Å². The second-order valence-electron chi connectivity index (χ2n) is 3.18. The van der Waals surface area contributed by atoms with Gasteiger partial charge in [-0.3, -0.25) is 0 Å². The Hall–Kier alpha value is -1.57. The summed E-state index contributed by atoms with van der Waals surface area (Å²) in [7, 11) is 2.04. The number of hydrogen-bond donors (Lipinski definition) is 0. The molecule has 0 aromatic carbocycles. The maximum atomic E-state index is 4.83. The first kappa shape index (κ1) is 13.4. The molecule has 82 valence electrons. The molecule has 0 N–H and O–H groups in total. The second kappa shape index (κ2) is 6.82. The van der Waals surface area contributed by atoms with Crippen LogP contribution in [0.2, 0.25) is 0 Å². The molecule has 0 radical (unpaired) electrons. The van der Waals surface area contributed by atoms with Crippen molar-refractivity contribution in [3.05, 3.63) is 54.2 Å². The van der Waals surface area contributed by atoms with Crippen molar-refractivity contribution in [2.75, 3.05) is 0 Å². The lowest BCUT2D eigenvalue weighted by Crippen LogP contribution is -2.30. The van der Waals surface area contributed by atoms with Gasteiger partial charge in [0.1, 0.15) is 12.8 Å². The van der Waals surface area contributed by atoms with E-state index >= 15 is 0 Å². The highest BCUT2D eigenvalue weighted by Crippen LogP contribution is 1.93. The molecule has 0 aliphatic carbocycles. The highest BCUT2D eigenvalue weighted by molar-refractivity contribution is 4.94. The normalized spacial score (nSPS) is 8.47. The van der Waals surface area contributed by atoms with Gasteiger partial charge >= 0.3 is 0 Å². The molecule has 2 heterocycles. The Kier molecular flexibility index (Phi) is 6.11. The van der Waals surface area contributed by atoms with Crippen LogP contribution in [0.25, 0.3) is 0 Å². The molecule has 0 bridgehead atoms. The number of hydrogen-bond acceptors (Lipinski definition) is 1. The highest BCUT2D eigenvalue weighted by atomic mass is 16.3. The molecule has 2 rings (SSSR count). The summed E-state index contributed by atoms with van der Waals surface area (Å²) in [5, 5.41) is 0. The molecule has 2 heteroatoms. The average Bonchev–Trinajstić information content (AvgIpc) is 2.63. The Labute approximate surface area is 92.2 Å². The zero-order valence-electron chi connectivity index (χ0n) is 8.90. The van der Waals surface area contributed by atoms with E-state index in [-0.39, 0.29) is 7.43 Å². The van der Waals surface area contributed by atoms with Crippen molar-refractivity contribution >= 4 is 0 Å². The van der Waals surface area contributed by atoms with Gasteiger partial charge in [0.15, 0.2) is 11.9 Å². The minimum absolute atomic E-state index is 0. The fourth-order valence-electron chi connectivity index (χ4n) is 0.969. The minimum Gasteiger partial charge on any atom is -0.470 e. The summed E-state index contributed by atoms with van der Waals surface area (Å²) in [6.07, 6.45) is 3.70. The zero-order valence-corrected chi connectivity index (χ0v) is 8.90. The average molecular weight is 206 g/mol. The van der Waals surface area contributed by atoms with Gasteiger partial charge in [-0.15, -0.1) is 0 Å². The Bertz CT molecular complexity index is 345. The lowest BCUT2D eigenvalue weighted by molar-refractivity contribution is -0.677. The Morgan fingerprint density at radius 3 is 2.07 bits per heavy atom. The molecule has 2 nitrogen and oxygen atoms in total. The van der Waals surface area contributed by atoms with Crippen LogP contribution in [0.4, 0.5) is 0 Å². The summed E-state index contributed by atoms with van der Waals surface area (Å²) in [4.78, 5) is 0. The number of aromatic nitrogens is 1. The first-order valence-electron chi connectivity index (χ1n) is 4.61. The summed E-state index contributed by atoms with van der Waals surface area (Å²) >= 11 is 0. The summed E-state index contributed by atoms with van der Waals surface area (Å²) in [5.41, 5.74) is 1.28. The molecule has 0 aliphatic heterocycles. The largest absolute Gasteiger partial charge is 0.470 e. The molecule has 0 saturated heterocycles. The van der Waals surface area contributed by atoms with E-state index in [2.05, 4.69) is 17.6 Å². The Morgan fingerprint density at radius 1 is 1.07 bits per heavy atom. The van der Waals surface area contributed by atoms with Gasteiger partial charge in [0.05, 0.1) is 6.26 Å². The Balaban J connectivity index is 0.000000253. The van der Waals surface area contributed by atoms with E-state index in [0.717, 1.165) is 5.76 Å². The molecule has 0 fully saturated rings. The van der Waals surface area contributed by atoms with Crippen LogP contribution in [0, 0.1) is 13.8 Å². The van der Waals surface area contributed by atoms with Crippen LogP contribution < -0.4 is 4.57 Å². The quantitative estimate of drug-likeness (QED) is 0.605. The van der Waals surface area contributed by atoms with Gasteiger partial charge in [-0.1, -0.05) is 13.5 Å². The summed E-state index contributed by atoms with van der Waals surface area (Å²) in [6.45, 7) is 4.00. The molecular formula is C13H20NO+. The molecule has 0 atom stereocenters. The van der Waals surface area contributed by atoms with Crippen molar-refractivity contribution in [2.24, 2.45) is 7.05 Å². The van der Waals surface area contributed by atoms with Crippen LogP contribution in [0.1, 0.15) is 18.9 Å². The fraction of sp³-hybridized carbons (Fsp3) is 0.308. The number of pyridine rings is 1. The van der Waals surface area contributed by atoms with Crippen molar-refractivity contribution in [1.29, 1.82) is 0 Å². The van der Waals surface area contributed by atoms with Gasteiger partial charge in [0, 0.05) is 19.1 Å². The molecule has 0 saturated carbocycles. The number of furan rings is 1. The molecule has 15 heavy (non-hydrogen) atoms. The molecule has 0 amide bonds. The van der Waals surface area contributed by atoms with E-state index in [0.29, 0.717) is 0 Å². The molecule has 0 spiro atoms. The van der Waals surface area contributed by atoms with E-state index in [9.17, 15) is 0 Å². The van der Waals surface area contributed by atoms with Gasteiger partial charge in [-0.2, -0.15) is 0 Å². The highest BCUT2D eigenvalue weighted by Gasteiger charge is 1.91. The fourth-order valence-corrected chi connectivity index (χ4v) is 0.969. The van der Waals surface area contributed by atoms with Crippen LogP contribution in [-0.2, 0) is 7.05 Å². The number of rotatable bonds is 0. The molecule has 2 aromatic rings. The lowest BCUT2D eigenvalue weighted by Gasteiger charge is -1.87.